The number of nitro benzene ring substituents is 1. The monoisotopic (exact) mass is 308 g/mol. The Morgan fingerprint density at radius 2 is 2.00 bits per heavy atom. The smallest absolute Gasteiger partial charge is 0.290 e. The van der Waals surface area contributed by atoms with Gasteiger partial charge in [-0.15, -0.1) is 0 Å². The third kappa shape index (κ3) is 3.26. The Labute approximate surface area is 121 Å². The van der Waals surface area contributed by atoms with E-state index in [9.17, 15) is 18.5 Å². The molecule has 1 aromatic carbocycles. The maximum Gasteiger partial charge on any atom is 0.290 e. The summed E-state index contributed by atoms with van der Waals surface area (Å²) in [7, 11) is -2.53. The standard InChI is InChI=1S/C12H12N4O4S/c1-13-9-5-6-10(16(17)18)11(8-9)21(19,20)15-12-4-2-3-7-14-12/h2-8,13H,1H3,(H,14,15). The largest absolute Gasteiger partial charge is 0.388 e. The molecule has 0 fully saturated rings. The molecule has 8 nitrogen and oxygen atoms in total. The van der Waals surface area contributed by atoms with E-state index >= 15 is 0 Å². The van der Waals surface area contributed by atoms with Crippen LogP contribution < -0.4 is 10.0 Å². The molecule has 110 valence electrons. The van der Waals surface area contributed by atoms with Crippen LogP contribution in [0.4, 0.5) is 17.2 Å². The SMILES string of the molecule is CNc1ccc([N+](=O)[O-])c(S(=O)(=O)Nc2ccccn2)c1. The number of benzene rings is 1. The first-order chi connectivity index (χ1) is 9.94. The van der Waals surface area contributed by atoms with Crippen molar-refractivity contribution in [3.05, 3.63) is 52.7 Å². The van der Waals surface area contributed by atoms with Crippen LogP contribution in [0.25, 0.3) is 0 Å². The van der Waals surface area contributed by atoms with Crippen LogP contribution in [-0.4, -0.2) is 25.4 Å². The maximum absolute atomic E-state index is 12.3. The van der Waals surface area contributed by atoms with Gasteiger partial charge in [0, 0.05) is 25.0 Å². The van der Waals surface area contributed by atoms with E-state index in [0.29, 0.717) is 5.69 Å². The van der Waals surface area contributed by atoms with Gasteiger partial charge in [0.05, 0.1) is 4.92 Å². The fourth-order valence-electron chi connectivity index (χ4n) is 1.65. The molecule has 1 aromatic heterocycles. The topological polar surface area (TPSA) is 114 Å². The van der Waals surface area contributed by atoms with E-state index in [1.54, 1.807) is 19.2 Å². The van der Waals surface area contributed by atoms with Gasteiger partial charge in [0.1, 0.15) is 5.82 Å². The van der Waals surface area contributed by atoms with Gasteiger partial charge < -0.3 is 5.32 Å². The molecule has 0 saturated carbocycles. The van der Waals surface area contributed by atoms with E-state index in [1.165, 1.54) is 24.4 Å². The molecule has 2 N–H and O–H groups in total. The van der Waals surface area contributed by atoms with Crippen molar-refractivity contribution in [1.29, 1.82) is 0 Å². The van der Waals surface area contributed by atoms with Gasteiger partial charge in [-0.3, -0.25) is 14.8 Å². The summed E-state index contributed by atoms with van der Waals surface area (Å²) < 4.78 is 26.8. The lowest BCUT2D eigenvalue weighted by atomic mass is 10.3. The predicted molar refractivity (Wildman–Crippen MR) is 77.7 cm³/mol. The molecular formula is C12H12N4O4S. The van der Waals surface area contributed by atoms with E-state index in [4.69, 9.17) is 0 Å². The highest BCUT2D eigenvalue weighted by Gasteiger charge is 2.26. The molecule has 0 aliphatic rings. The van der Waals surface area contributed by atoms with Crippen LogP contribution >= 0.6 is 0 Å². The van der Waals surface area contributed by atoms with Crippen molar-refractivity contribution in [2.45, 2.75) is 4.90 Å². The summed E-state index contributed by atoms with van der Waals surface area (Å²) in [6.07, 6.45) is 1.41. The predicted octanol–water partition coefficient (Wildman–Crippen LogP) is 1.83. The van der Waals surface area contributed by atoms with Gasteiger partial charge in [0.15, 0.2) is 4.90 Å². The van der Waals surface area contributed by atoms with Gasteiger partial charge in [-0.25, -0.2) is 13.4 Å². The summed E-state index contributed by atoms with van der Waals surface area (Å²) in [6.45, 7) is 0. The first-order valence-corrected chi connectivity index (χ1v) is 7.32. The Morgan fingerprint density at radius 1 is 1.24 bits per heavy atom. The third-order valence-corrected chi connectivity index (χ3v) is 4.02. The van der Waals surface area contributed by atoms with Crippen molar-refractivity contribution in [2.24, 2.45) is 0 Å². The number of nitrogens with one attached hydrogen (secondary N) is 2. The molecule has 0 spiro atoms. The molecule has 0 aliphatic carbocycles. The highest BCUT2D eigenvalue weighted by atomic mass is 32.2. The van der Waals surface area contributed by atoms with E-state index in [1.807, 2.05) is 0 Å². The first kappa shape index (κ1) is 14.7. The summed E-state index contributed by atoms with van der Waals surface area (Å²) in [5, 5.41) is 13.7. The van der Waals surface area contributed by atoms with Crippen molar-refractivity contribution in [2.75, 3.05) is 17.1 Å². The van der Waals surface area contributed by atoms with Crippen molar-refractivity contribution in [1.82, 2.24) is 4.98 Å². The molecule has 0 radical (unpaired) electrons. The highest BCUT2D eigenvalue weighted by Crippen LogP contribution is 2.28. The van der Waals surface area contributed by atoms with Crippen LogP contribution in [0.1, 0.15) is 0 Å². The van der Waals surface area contributed by atoms with Crippen molar-refractivity contribution < 1.29 is 13.3 Å². The van der Waals surface area contributed by atoms with E-state index in [0.717, 1.165) is 6.07 Å². The van der Waals surface area contributed by atoms with E-state index in [-0.39, 0.29) is 5.82 Å². The summed E-state index contributed by atoms with van der Waals surface area (Å²) in [6, 6.07) is 8.44. The summed E-state index contributed by atoms with van der Waals surface area (Å²) in [5.41, 5.74) is -0.0561. The fraction of sp³-hybridized carbons (Fsp3) is 0.0833. The minimum atomic E-state index is -4.12. The second kappa shape index (κ2) is 5.75. The lowest BCUT2D eigenvalue weighted by molar-refractivity contribution is -0.387. The summed E-state index contributed by atoms with van der Waals surface area (Å²) in [5.74, 6) is 0.0849. The van der Waals surface area contributed by atoms with Crippen LogP contribution in [0.2, 0.25) is 0 Å². The number of sulfonamides is 1. The quantitative estimate of drug-likeness (QED) is 0.643. The second-order valence-electron chi connectivity index (χ2n) is 4.01. The van der Waals surface area contributed by atoms with E-state index in [2.05, 4.69) is 15.0 Å². The molecule has 0 aliphatic heterocycles. The van der Waals surface area contributed by atoms with Crippen LogP contribution in [-0.2, 0) is 10.0 Å². The normalized spacial score (nSPS) is 10.9. The Morgan fingerprint density at radius 3 is 2.57 bits per heavy atom. The molecule has 2 aromatic rings. The molecule has 0 unspecified atom stereocenters. The highest BCUT2D eigenvalue weighted by molar-refractivity contribution is 7.92. The molecular weight excluding hydrogens is 296 g/mol. The van der Waals surface area contributed by atoms with Crippen LogP contribution in [0.3, 0.4) is 0 Å². The molecule has 21 heavy (non-hydrogen) atoms. The minimum Gasteiger partial charge on any atom is -0.388 e. The molecule has 1 heterocycles. The number of rotatable bonds is 5. The molecule has 0 amide bonds. The van der Waals surface area contributed by atoms with E-state index < -0.39 is 25.5 Å². The zero-order valence-electron chi connectivity index (χ0n) is 11.0. The number of pyridine rings is 1. The molecule has 0 bridgehead atoms. The number of nitro groups is 1. The zero-order chi connectivity index (χ0) is 15.5. The third-order valence-electron chi connectivity index (χ3n) is 2.64. The van der Waals surface area contributed by atoms with Gasteiger partial charge in [0.2, 0.25) is 0 Å². The van der Waals surface area contributed by atoms with Gasteiger partial charge in [-0.2, -0.15) is 0 Å². The molecule has 0 saturated heterocycles. The van der Waals surface area contributed by atoms with Gasteiger partial charge in [-0.05, 0) is 24.3 Å². The minimum absolute atomic E-state index is 0.0849. The Kier molecular flexibility index (Phi) is 4.03. The number of hydrogen-bond acceptors (Lipinski definition) is 6. The maximum atomic E-state index is 12.3. The lowest BCUT2D eigenvalue weighted by Crippen LogP contribution is -2.15. The Hall–Kier alpha value is -2.68. The van der Waals surface area contributed by atoms with Gasteiger partial charge >= 0.3 is 0 Å². The first-order valence-electron chi connectivity index (χ1n) is 5.84. The average Bonchev–Trinajstić information content (AvgIpc) is 2.47. The number of anilines is 2. The molecule has 9 heteroatoms. The Bertz CT molecular complexity index is 762. The van der Waals surface area contributed by atoms with Crippen molar-refractivity contribution in [3.8, 4) is 0 Å². The van der Waals surface area contributed by atoms with Gasteiger partial charge in [-0.1, -0.05) is 6.07 Å². The van der Waals surface area contributed by atoms with Crippen LogP contribution in [0.15, 0.2) is 47.5 Å². The fourth-order valence-corrected chi connectivity index (χ4v) is 2.86. The van der Waals surface area contributed by atoms with Crippen LogP contribution in [0, 0.1) is 10.1 Å². The lowest BCUT2D eigenvalue weighted by Gasteiger charge is -2.09. The Balaban J connectivity index is 2.50. The summed E-state index contributed by atoms with van der Waals surface area (Å²) >= 11 is 0. The zero-order valence-corrected chi connectivity index (χ0v) is 11.8. The number of hydrogen-bond donors (Lipinski definition) is 2. The van der Waals surface area contributed by atoms with Crippen molar-refractivity contribution in [3.63, 3.8) is 0 Å². The number of aromatic nitrogens is 1. The van der Waals surface area contributed by atoms with Crippen LogP contribution in [0.5, 0.6) is 0 Å². The second-order valence-corrected chi connectivity index (χ2v) is 5.66. The molecule has 0 atom stereocenters. The van der Waals surface area contributed by atoms with Gasteiger partial charge in [0.25, 0.3) is 15.7 Å². The summed E-state index contributed by atoms with van der Waals surface area (Å²) in [4.78, 5) is 13.7. The average molecular weight is 308 g/mol. The molecule has 2 rings (SSSR count). The number of nitrogens with zero attached hydrogens (tertiary/aromatic N) is 2. The van der Waals surface area contributed by atoms with Crippen molar-refractivity contribution >= 4 is 27.2 Å².